The molecule has 2 atom stereocenters. The molecular formula is C14H15Cl2NO2. The van der Waals surface area contributed by atoms with Gasteiger partial charge in [-0.15, -0.1) is 0 Å². The molecule has 3 nitrogen and oxygen atoms in total. The Kier molecular flexibility index (Phi) is 4.48. The van der Waals surface area contributed by atoms with Gasteiger partial charge in [0.1, 0.15) is 0 Å². The van der Waals surface area contributed by atoms with Crippen LogP contribution in [0.25, 0.3) is 0 Å². The molecule has 0 saturated carbocycles. The van der Waals surface area contributed by atoms with Gasteiger partial charge in [-0.05, 0) is 30.2 Å². The van der Waals surface area contributed by atoms with Gasteiger partial charge in [0.2, 0.25) is 11.8 Å². The summed E-state index contributed by atoms with van der Waals surface area (Å²) in [6.45, 7) is 2.01. The lowest BCUT2D eigenvalue weighted by Gasteiger charge is -2.30. The van der Waals surface area contributed by atoms with E-state index in [1.807, 2.05) is 6.92 Å². The van der Waals surface area contributed by atoms with Crippen molar-refractivity contribution in [3.8, 4) is 0 Å². The minimum Gasteiger partial charge on any atom is -0.296 e. The van der Waals surface area contributed by atoms with Crippen molar-refractivity contribution in [1.29, 1.82) is 0 Å². The van der Waals surface area contributed by atoms with Crippen LogP contribution in [0.3, 0.4) is 0 Å². The zero-order chi connectivity index (χ0) is 14.0. The molecule has 0 aliphatic carbocycles. The minimum atomic E-state index is -0.251. The molecule has 1 aliphatic heterocycles. The highest BCUT2D eigenvalue weighted by Crippen LogP contribution is 2.38. The molecule has 1 aliphatic rings. The zero-order valence-electron chi connectivity index (χ0n) is 10.6. The Morgan fingerprint density at radius 2 is 2.05 bits per heavy atom. The number of nitrogens with one attached hydrogen (secondary N) is 1. The number of halogens is 2. The molecule has 0 aromatic heterocycles. The van der Waals surface area contributed by atoms with Gasteiger partial charge in [0.05, 0.1) is 0 Å². The highest BCUT2D eigenvalue weighted by molar-refractivity contribution is 6.33. The van der Waals surface area contributed by atoms with E-state index in [0.717, 1.165) is 18.4 Å². The first-order valence-electron chi connectivity index (χ1n) is 6.31. The molecule has 1 aromatic rings. The summed E-state index contributed by atoms with van der Waals surface area (Å²) in [4.78, 5) is 23.6. The fourth-order valence-electron chi connectivity index (χ4n) is 2.57. The first kappa shape index (κ1) is 14.4. The molecule has 5 heteroatoms. The van der Waals surface area contributed by atoms with Gasteiger partial charge in [-0.1, -0.05) is 36.5 Å². The quantitative estimate of drug-likeness (QED) is 0.868. The van der Waals surface area contributed by atoms with Gasteiger partial charge >= 0.3 is 0 Å². The van der Waals surface area contributed by atoms with Crippen LogP contribution in [0.2, 0.25) is 10.0 Å². The lowest BCUT2D eigenvalue weighted by atomic mass is 9.78. The monoisotopic (exact) mass is 299 g/mol. The number of imide groups is 1. The van der Waals surface area contributed by atoms with Crippen LogP contribution in [0.15, 0.2) is 18.2 Å². The molecule has 2 amide bonds. The average Bonchev–Trinajstić information content (AvgIpc) is 2.35. The number of carbonyl (C=O) groups excluding carboxylic acids is 2. The van der Waals surface area contributed by atoms with Crippen LogP contribution in [0.1, 0.15) is 37.7 Å². The summed E-state index contributed by atoms with van der Waals surface area (Å²) >= 11 is 12.2. The number of benzene rings is 1. The normalized spacial score (nSPS) is 23.3. The minimum absolute atomic E-state index is 0.188. The molecule has 1 saturated heterocycles. The number of hydrogen-bond acceptors (Lipinski definition) is 2. The molecule has 1 fully saturated rings. The molecule has 2 rings (SSSR count). The van der Waals surface area contributed by atoms with E-state index in [2.05, 4.69) is 5.32 Å². The summed E-state index contributed by atoms with van der Waals surface area (Å²) in [6, 6.07) is 5.16. The summed E-state index contributed by atoms with van der Waals surface area (Å²) in [5.41, 5.74) is 0.788. The van der Waals surface area contributed by atoms with Crippen LogP contribution in [0, 0.1) is 5.92 Å². The average molecular weight is 300 g/mol. The third-order valence-electron chi connectivity index (χ3n) is 3.45. The molecule has 1 aromatic carbocycles. The van der Waals surface area contributed by atoms with E-state index in [-0.39, 0.29) is 30.1 Å². The van der Waals surface area contributed by atoms with Crippen LogP contribution < -0.4 is 5.32 Å². The molecule has 0 spiro atoms. The van der Waals surface area contributed by atoms with Crippen molar-refractivity contribution in [1.82, 2.24) is 5.32 Å². The van der Waals surface area contributed by atoms with E-state index in [1.54, 1.807) is 18.2 Å². The van der Waals surface area contributed by atoms with Crippen molar-refractivity contribution < 1.29 is 9.59 Å². The second-order valence-corrected chi connectivity index (χ2v) is 5.63. The van der Waals surface area contributed by atoms with Crippen molar-refractivity contribution in [2.75, 3.05) is 0 Å². The Morgan fingerprint density at radius 1 is 1.32 bits per heavy atom. The molecule has 0 bridgehead atoms. The maximum atomic E-state index is 12.0. The van der Waals surface area contributed by atoms with Crippen molar-refractivity contribution in [3.63, 3.8) is 0 Å². The molecule has 1 N–H and O–H groups in total. The fourth-order valence-corrected chi connectivity index (χ4v) is 3.01. The van der Waals surface area contributed by atoms with Gasteiger partial charge in [-0.3, -0.25) is 14.9 Å². The second-order valence-electron chi connectivity index (χ2n) is 4.78. The topological polar surface area (TPSA) is 46.2 Å². The number of piperidine rings is 1. The number of rotatable bonds is 3. The third-order valence-corrected chi connectivity index (χ3v) is 4.03. The fraction of sp³-hybridized carbons (Fsp3) is 0.429. The third kappa shape index (κ3) is 3.10. The van der Waals surface area contributed by atoms with E-state index in [4.69, 9.17) is 23.2 Å². The van der Waals surface area contributed by atoms with Gasteiger partial charge in [0.25, 0.3) is 0 Å². The molecule has 2 unspecified atom stereocenters. The van der Waals surface area contributed by atoms with E-state index in [0.29, 0.717) is 10.0 Å². The summed E-state index contributed by atoms with van der Waals surface area (Å²) in [6.07, 6.45) is 1.88. The lowest BCUT2D eigenvalue weighted by Crippen LogP contribution is -2.44. The second kappa shape index (κ2) is 5.93. The van der Waals surface area contributed by atoms with Gasteiger partial charge in [0.15, 0.2) is 0 Å². The maximum Gasteiger partial charge on any atom is 0.230 e. The van der Waals surface area contributed by atoms with Gasteiger partial charge in [0, 0.05) is 28.3 Å². The highest BCUT2D eigenvalue weighted by atomic mass is 35.5. The molecule has 102 valence electrons. The lowest BCUT2D eigenvalue weighted by molar-refractivity contribution is -0.137. The largest absolute Gasteiger partial charge is 0.296 e. The highest BCUT2D eigenvalue weighted by Gasteiger charge is 2.37. The zero-order valence-corrected chi connectivity index (χ0v) is 12.1. The predicted octanol–water partition coefficient (Wildman–Crippen LogP) is 3.54. The summed E-state index contributed by atoms with van der Waals surface area (Å²) in [5, 5.41) is 3.51. The van der Waals surface area contributed by atoms with E-state index in [9.17, 15) is 9.59 Å². The van der Waals surface area contributed by atoms with Crippen LogP contribution in [0.4, 0.5) is 0 Å². The molecular weight excluding hydrogens is 285 g/mol. The Balaban J connectivity index is 2.40. The van der Waals surface area contributed by atoms with E-state index in [1.165, 1.54) is 0 Å². The Hall–Kier alpha value is -1.06. The Labute approximate surface area is 122 Å². The van der Waals surface area contributed by atoms with E-state index < -0.39 is 0 Å². The Bertz CT molecular complexity index is 516. The van der Waals surface area contributed by atoms with Crippen LogP contribution in [-0.4, -0.2) is 11.8 Å². The van der Waals surface area contributed by atoms with E-state index >= 15 is 0 Å². The van der Waals surface area contributed by atoms with Crippen LogP contribution in [0.5, 0.6) is 0 Å². The first-order chi connectivity index (χ1) is 9.02. The summed E-state index contributed by atoms with van der Waals surface area (Å²) in [7, 11) is 0. The standard InChI is InChI=1S/C14H15Cl2NO2/c1-2-3-9-10(7-13(18)17-14(9)19)11-6-8(15)4-5-12(11)16/h4-6,9-10H,2-3,7H2,1H3,(H,17,18,19). The SMILES string of the molecule is CCCC1C(=O)NC(=O)CC1c1cc(Cl)ccc1Cl. The Morgan fingerprint density at radius 3 is 2.74 bits per heavy atom. The molecule has 1 heterocycles. The van der Waals surface area contributed by atoms with Crippen molar-refractivity contribution in [2.24, 2.45) is 5.92 Å². The van der Waals surface area contributed by atoms with Crippen molar-refractivity contribution >= 4 is 35.0 Å². The molecule has 0 radical (unpaired) electrons. The number of hydrogen-bond donors (Lipinski definition) is 1. The number of amides is 2. The summed E-state index contributed by atoms with van der Waals surface area (Å²) in [5.74, 6) is -0.872. The maximum absolute atomic E-state index is 12.0. The van der Waals surface area contributed by atoms with Gasteiger partial charge in [-0.25, -0.2) is 0 Å². The summed E-state index contributed by atoms with van der Waals surface area (Å²) < 4.78 is 0. The number of carbonyl (C=O) groups is 2. The van der Waals surface area contributed by atoms with Crippen LogP contribution >= 0.6 is 23.2 Å². The first-order valence-corrected chi connectivity index (χ1v) is 7.07. The van der Waals surface area contributed by atoms with Gasteiger partial charge < -0.3 is 0 Å². The van der Waals surface area contributed by atoms with Crippen molar-refractivity contribution in [2.45, 2.75) is 32.1 Å². The van der Waals surface area contributed by atoms with Crippen LogP contribution in [-0.2, 0) is 9.59 Å². The predicted molar refractivity (Wildman–Crippen MR) is 75.4 cm³/mol. The van der Waals surface area contributed by atoms with Gasteiger partial charge in [-0.2, -0.15) is 0 Å². The molecule has 19 heavy (non-hydrogen) atoms. The smallest absolute Gasteiger partial charge is 0.230 e. The van der Waals surface area contributed by atoms with Crippen molar-refractivity contribution in [3.05, 3.63) is 33.8 Å².